The summed E-state index contributed by atoms with van der Waals surface area (Å²) in [4.78, 5) is 14.3. The van der Waals surface area contributed by atoms with Crippen LogP contribution in [0.15, 0.2) is 48.8 Å². The number of hydrogen-bond acceptors (Lipinski definition) is 4. The molecule has 0 saturated carbocycles. The minimum atomic E-state index is 0.0485. The van der Waals surface area contributed by atoms with Gasteiger partial charge in [0.2, 0.25) is 5.91 Å². The number of carbonyl (C=O) groups is 1. The molecule has 6 nitrogen and oxygen atoms in total. The van der Waals surface area contributed by atoms with Gasteiger partial charge < -0.3 is 15.0 Å². The zero-order valence-electron chi connectivity index (χ0n) is 19.1. The van der Waals surface area contributed by atoms with Gasteiger partial charge >= 0.3 is 0 Å². The lowest BCUT2D eigenvalue weighted by atomic mass is 9.92. The number of rotatable bonds is 4. The molecule has 0 bridgehead atoms. The van der Waals surface area contributed by atoms with Crippen LogP contribution in [0.2, 0.25) is 5.02 Å². The van der Waals surface area contributed by atoms with Crippen molar-refractivity contribution in [3.05, 3.63) is 59.4 Å². The minimum absolute atomic E-state index is 0.0485. The van der Waals surface area contributed by atoms with Crippen LogP contribution >= 0.6 is 11.6 Å². The second-order valence-electron chi connectivity index (χ2n) is 8.96. The number of benzene rings is 2. The van der Waals surface area contributed by atoms with Crippen LogP contribution in [0.4, 0.5) is 5.69 Å². The Labute approximate surface area is 199 Å². The Hall–Kier alpha value is -2.83. The van der Waals surface area contributed by atoms with Gasteiger partial charge in [0, 0.05) is 40.9 Å². The Morgan fingerprint density at radius 1 is 1.12 bits per heavy atom. The highest BCUT2D eigenvalue weighted by Crippen LogP contribution is 2.45. The average molecular weight is 465 g/mol. The molecule has 1 amide bonds. The number of nitrogens with zero attached hydrogens (tertiary/aromatic N) is 3. The molecule has 0 aliphatic carbocycles. The minimum Gasteiger partial charge on any atom is -0.456 e. The molecule has 3 heterocycles. The summed E-state index contributed by atoms with van der Waals surface area (Å²) in [5.74, 6) is 1.55. The number of amides is 1. The predicted octanol–water partition coefficient (Wildman–Crippen LogP) is 5.61. The van der Waals surface area contributed by atoms with Crippen molar-refractivity contribution in [2.45, 2.75) is 51.6 Å². The Bertz CT molecular complexity index is 1150. The highest BCUT2D eigenvalue weighted by molar-refractivity contribution is 6.30. The highest BCUT2D eigenvalue weighted by atomic mass is 35.5. The topological polar surface area (TPSA) is 59.4 Å². The van der Waals surface area contributed by atoms with Crippen LogP contribution in [0.25, 0.3) is 11.1 Å². The van der Waals surface area contributed by atoms with Crippen molar-refractivity contribution in [3.8, 4) is 22.6 Å². The van der Waals surface area contributed by atoms with Gasteiger partial charge in [-0.2, -0.15) is 5.10 Å². The number of piperidine rings is 1. The first-order valence-corrected chi connectivity index (χ1v) is 12.0. The SMILES string of the molecule is CC(=O)N1c2ccc(-c3cnn(C4CCNCC4)c3)c(Oc3ccc(Cl)cc3)c2CCC1C. The van der Waals surface area contributed by atoms with Gasteiger partial charge in [-0.15, -0.1) is 0 Å². The second kappa shape index (κ2) is 9.20. The fourth-order valence-electron chi connectivity index (χ4n) is 5.00. The average Bonchev–Trinajstić information content (AvgIpc) is 3.31. The molecular formula is C26H29ClN4O2. The molecule has 2 aliphatic heterocycles. The molecular weight excluding hydrogens is 436 g/mol. The molecule has 172 valence electrons. The summed E-state index contributed by atoms with van der Waals surface area (Å²) in [7, 11) is 0. The number of ether oxygens (including phenoxy) is 1. The molecule has 0 spiro atoms. The van der Waals surface area contributed by atoms with Crippen LogP contribution in [0, 0.1) is 0 Å². The molecule has 3 aromatic rings. The third-order valence-corrected chi connectivity index (χ3v) is 6.97. The van der Waals surface area contributed by atoms with E-state index in [0.29, 0.717) is 16.8 Å². The summed E-state index contributed by atoms with van der Waals surface area (Å²) < 4.78 is 8.58. The largest absolute Gasteiger partial charge is 0.456 e. The van der Waals surface area contributed by atoms with Gasteiger partial charge in [0.15, 0.2) is 0 Å². The summed E-state index contributed by atoms with van der Waals surface area (Å²) in [6.07, 6.45) is 7.93. The number of aromatic nitrogens is 2. The smallest absolute Gasteiger partial charge is 0.224 e. The van der Waals surface area contributed by atoms with Crippen LogP contribution in [0.3, 0.4) is 0 Å². The third-order valence-electron chi connectivity index (χ3n) is 6.72. The molecule has 2 aromatic carbocycles. The van der Waals surface area contributed by atoms with Gasteiger partial charge in [-0.25, -0.2) is 0 Å². The maximum atomic E-state index is 12.5. The van der Waals surface area contributed by atoms with Gasteiger partial charge in [-0.3, -0.25) is 9.48 Å². The Morgan fingerprint density at radius 2 is 1.88 bits per heavy atom. The van der Waals surface area contributed by atoms with Gasteiger partial charge in [-0.1, -0.05) is 11.6 Å². The number of anilines is 1. The Balaban J connectivity index is 1.59. The van der Waals surface area contributed by atoms with E-state index in [9.17, 15) is 4.79 Å². The fraction of sp³-hybridized carbons (Fsp3) is 0.385. The first-order valence-electron chi connectivity index (χ1n) is 11.7. The molecule has 1 fully saturated rings. The lowest BCUT2D eigenvalue weighted by molar-refractivity contribution is -0.117. The second-order valence-corrected chi connectivity index (χ2v) is 9.40. The van der Waals surface area contributed by atoms with E-state index in [1.807, 2.05) is 35.4 Å². The Kier molecular flexibility index (Phi) is 6.13. The van der Waals surface area contributed by atoms with Gasteiger partial charge in [0.25, 0.3) is 0 Å². The molecule has 2 aliphatic rings. The van der Waals surface area contributed by atoms with Gasteiger partial charge in [-0.05, 0) is 82.1 Å². The zero-order valence-corrected chi connectivity index (χ0v) is 19.8. The van der Waals surface area contributed by atoms with Crippen molar-refractivity contribution in [3.63, 3.8) is 0 Å². The van der Waals surface area contributed by atoms with Crippen molar-refractivity contribution in [2.24, 2.45) is 0 Å². The maximum Gasteiger partial charge on any atom is 0.224 e. The fourth-order valence-corrected chi connectivity index (χ4v) is 5.12. The quantitative estimate of drug-likeness (QED) is 0.545. The van der Waals surface area contributed by atoms with Crippen molar-refractivity contribution in [1.82, 2.24) is 15.1 Å². The number of fused-ring (bicyclic) bond motifs is 1. The molecule has 33 heavy (non-hydrogen) atoms. The monoisotopic (exact) mass is 464 g/mol. The molecule has 0 radical (unpaired) electrons. The number of nitrogens with one attached hydrogen (secondary N) is 1. The van der Waals surface area contributed by atoms with E-state index in [0.717, 1.165) is 66.9 Å². The number of carbonyl (C=O) groups excluding carboxylic acids is 1. The summed E-state index contributed by atoms with van der Waals surface area (Å²) in [6.45, 7) is 5.76. The summed E-state index contributed by atoms with van der Waals surface area (Å²) >= 11 is 6.09. The van der Waals surface area contributed by atoms with Crippen molar-refractivity contribution < 1.29 is 9.53 Å². The summed E-state index contributed by atoms with van der Waals surface area (Å²) in [5.41, 5.74) is 4.00. The summed E-state index contributed by atoms with van der Waals surface area (Å²) in [6, 6.07) is 12.1. The van der Waals surface area contributed by atoms with Crippen LogP contribution in [-0.2, 0) is 11.2 Å². The first kappa shape index (κ1) is 22.0. The van der Waals surface area contributed by atoms with Crippen LogP contribution < -0.4 is 15.0 Å². The van der Waals surface area contributed by atoms with E-state index in [1.54, 1.807) is 6.92 Å². The van der Waals surface area contributed by atoms with Gasteiger partial charge in [0.05, 0.1) is 17.9 Å². The highest BCUT2D eigenvalue weighted by Gasteiger charge is 2.30. The van der Waals surface area contributed by atoms with Crippen LogP contribution in [0.1, 0.15) is 44.7 Å². The van der Waals surface area contributed by atoms with E-state index < -0.39 is 0 Å². The standard InChI is InChI=1S/C26H29ClN4O2/c1-17-3-8-24-25(31(17)18(2)32)10-9-23(26(24)33-22-6-4-20(27)5-7-22)19-15-29-30(16-19)21-11-13-28-14-12-21/h4-7,9-10,15-17,21,28H,3,8,11-14H2,1-2H3. The van der Waals surface area contributed by atoms with E-state index in [-0.39, 0.29) is 11.9 Å². The van der Waals surface area contributed by atoms with E-state index >= 15 is 0 Å². The third kappa shape index (κ3) is 4.37. The number of hydrogen-bond donors (Lipinski definition) is 1. The zero-order chi connectivity index (χ0) is 22.9. The van der Waals surface area contributed by atoms with E-state index in [1.165, 1.54) is 0 Å². The Morgan fingerprint density at radius 3 is 2.61 bits per heavy atom. The normalized spacial score (nSPS) is 18.8. The predicted molar refractivity (Wildman–Crippen MR) is 131 cm³/mol. The molecule has 1 aromatic heterocycles. The van der Waals surface area contributed by atoms with Crippen molar-refractivity contribution in [1.29, 1.82) is 0 Å². The van der Waals surface area contributed by atoms with Crippen LogP contribution in [-0.4, -0.2) is 34.8 Å². The first-order chi connectivity index (χ1) is 16.0. The lowest BCUT2D eigenvalue weighted by Gasteiger charge is -2.36. The molecule has 1 atom stereocenters. The molecule has 1 saturated heterocycles. The van der Waals surface area contributed by atoms with E-state index in [2.05, 4.69) is 35.3 Å². The molecule has 5 rings (SSSR count). The summed E-state index contributed by atoms with van der Waals surface area (Å²) in [5, 5.41) is 8.77. The molecule has 1 unspecified atom stereocenters. The van der Waals surface area contributed by atoms with Crippen molar-refractivity contribution in [2.75, 3.05) is 18.0 Å². The maximum absolute atomic E-state index is 12.5. The van der Waals surface area contributed by atoms with Crippen molar-refractivity contribution >= 4 is 23.2 Å². The van der Waals surface area contributed by atoms with Gasteiger partial charge in [0.1, 0.15) is 11.5 Å². The molecule has 1 N–H and O–H groups in total. The van der Waals surface area contributed by atoms with E-state index in [4.69, 9.17) is 21.4 Å². The molecule has 7 heteroatoms. The lowest BCUT2D eigenvalue weighted by Crippen LogP contribution is -2.40. The van der Waals surface area contributed by atoms with Crippen LogP contribution in [0.5, 0.6) is 11.5 Å². The number of halogens is 1.